The monoisotopic (exact) mass is 394 g/mol. The second-order valence-corrected chi connectivity index (χ2v) is 9.34. The number of methoxy groups -OCH3 is 1. The van der Waals surface area contributed by atoms with Crippen molar-refractivity contribution in [1.82, 2.24) is 9.62 Å². The van der Waals surface area contributed by atoms with Crippen molar-refractivity contribution < 1.29 is 17.9 Å². The summed E-state index contributed by atoms with van der Waals surface area (Å²) in [5.74, 6) is 0.104. The molecule has 7 heteroatoms. The van der Waals surface area contributed by atoms with Crippen LogP contribution < -0.4 is 10.1 Å². The van der Waals surface area contributed by atoms with Crippen molar-refractivity contribution in [1.29, 1.82) is 0 Å². The van der Waals surface area contributed by atoms with Crippen LogP contribution in [-0.2, 0) is 14.8 Å². The maximum atomic E-state index is 13.0. The molecule has 1 saturated heterocycles. The summed E-state index contributed by atoms with van der Waals surface area (Å²) >= 11 is 0. The number of hydrogen-bond donors (Lipinski definition) is 1. The lowest BCUT2D eigenvalue weighted by Gasteiger charge is -2.26. The summed E-state index contributed by atoms with van der Waals surface area (Å²) in [5.41, 5.74) is 0.347. The molecule has 0 aromatic heterocycles. The van der Waals surface area contributed by atoms with Crippen LogP contribution in [0.15, 0.2) is 29.2 Å². The zero-order valence-electron chi connectivity index (χ0n) is 16.6. The van der Waals surface area contributed by atoms with Crippen LogP contribution in [0, 0.1) is 0 Å². The van der Waals surface area contributed by atoms with Crippen LogP contribution in [0.5, 0.6) is 5.75 Å². The molecule has 1 fully saturated rings. The van der Waals surface area contributed by atoms with E-state index < -0.39 is 10.0 Å². The van der Waals surface area contributed by atoms with E-state index >= 15 is 0 Å². The molecule has 1 aliphatic heterocycles. The van der Waals surface area contributed by atoms with Crippen LogP contribution in [0.3, 0.4) is 0 Å². The van der Waals surface area contributed by atoms with Gasteiger partial charge in [-0.3, -0.25) is 4.79 Å². The van der Waals surface area contributed by atoms with Gasteiger partial charge in [0, 0.05) is 24.7 Å². The largest absolute Gasteiger partial charge is 0.495 e. The third kappa shape index (κ3) is 5.56. The molecule has 6 nitrogen and oxygen atoms in total. The van der Waals surface area contributed by atoms with Gasteiger partial charge in [0.25, 0.3) is 0 Å². The lowest BCUT2D eigenvalue weighted by atomic mass is 10.0. The Labute approximate surface area is 162 Å². The third-order valence-electron chi connectivity index (χ3n) is 4.89. The van der Waals surface area contributed by atoms with E-state index in [1.807, 2.05) is 20.8 Å². The number of sulfonamides is 1. The first-order chi connectivity index (χ1) is 12.7. The van der Waals surface area contributed by atoms with Crippen LogP contribution in [0.4, 0.5) is 0 Å². The molecule has 0 saturated carbocycles. The fraction of sp³-hybridized carbons (Fsp3) is 0.550. The summed E-state index contributed by atoms with van der Waals surface area (Å²) < 4.78 is 32.8. The Balaban J connectivity index is 2.27. The Bertz CT molecular complexity index is 794. The number of hydrogen-bond acceptors (Lipinski definition) is 4. The number of benzene rings is 1. The Hall–Kier alpha value is -1.86. The minimum atomic E-state index is -3.62. The molecule has 1 amide bonds. The van der Waals surface area contributed by atoms with Gasteiger partial charge in [0.1, 0.15) is 10.6 Å². The van der Waals surface area contributed by atoms with Crippen molar-refractivity contribution in [2.45, 2.75) is 56.9 Å². The standard InChI is InChI=1S/C20H30N2O4S/c1-5-20(2,3)21-19(23)12-10-16-9-11-17(26-4)18(15-16)27(24,25)22-13-7-6-8-14-22/h9-12,15H,5-8,13-14H2,1-4H3,(H,21,23)/b12-10+. The molecule has 1 aliphatic rings. The molecule has 1 aromatic rings. The van der Waals surface area contributed by atoms with E-state index in [9.17, 15) is 13.2 Å². The average Bonchev–Trinajstić information content (AvgIpc) is 2.66. The van der Waals surface area contributed by atoms with Crippen LogP contribution in [0.2, 0.25) is 0 Å². The van der Waals surface area contributed by atoms with Crippen molar-refractivity contribution >= 4 is 22.0 Å². The molecular formula is C20H30N2O4S. The van der Waals surface area contributed by atoms with Gasteiger partial charge in [0.2, 0.25) is 15.9 Å². The maximum Gasteiger partial charge on any atom is 0.246 e. The highest BCUT2D eigenvalue weighted by atomic mass is 32.2. The zero-order valence-corrected chi connectivity index (χ0v) is 17.4. The molecule has 0 unspecified atom stereocenters. The smallest absolute Gasteiger partial charge is 0.246 e. The predicted molar refractivity (Wildman–Crippen MR) is 107 cm³/mol. The number of nitrogens with one attached hydrogen (secondary N) is 1. The Morgan fingerprint density at radius 3 is 2.52 bits per heavy atom. The van der Waals surface area contributed by atoms with Crippen LogP contribution >= 0.6 is 0 Å². The van der Waals surface area contributed by atoms with Crippen LogP contribution in [-0.4, -0.2) is 44.4 Å². The van der Waals surface area contributed by atoms with Gasteiger partial charge < -0.3 is 10.1 Å². The van der Waals surface area contributed by atoms with Crippen LogP contribution in [0.1, 0.15) is 52.0 Å². The van der Waals surface area contributed by atoms with Gasteiger partial charge in [-0.1, -0.05) is 19.4 Å². The molecule has 0 aliphatic carbocycles. The summed E-state index contributed by atoms with van der Waals surface area (Å²) in [6.45, 7) is 6.97. The van der Waals surface area contributed by atoms with E-state index in [4.69, 9.17) is 4.74 Å². The number of carbonyl (C=O) groups is 1. The molecule has 0 bridgehead atoms. The van der Waals surface area contributed by atoms with Crippen molar-refractivity contribution in [2.75, 3.05) is 20.2 Å². The van der Waals surface area contributed by atoms with E-state index in [0.29, 0.717) is 24.4 Å². The molecule has 2 rings (SSSR count). The normalized spacial score (nSPS) is 16.4. The Morgan fingerprint density at radius 1 is 1.26 bits per heavy atom. The molecule has 27 heavy (non-hydrogen) atoms. The Kier molecular flexibility index (Phi) is 7.06. The molecule has 150 valence electrons. The topological polar surface area (TPSA) is 75.7 Å². The Morgan fingerprint density at radius 2 is 1.93 bits per heavy atom. The summed E-state index contributed by atoms with van der Waals surface area (Å²) in [7, 11) is -2.17. The first-order valence-corrected chi connectivity index (χ1v) is 10.8. The van der Waals surface area contributed by atoms with Gasteiger partial charge in [-0.05, 0) is 56.9 Å². The average molecular weight is 395 g/mol. The van der Waals surface area contributed by atoms with Crippen molar-refractivity contribution in [2.24, 2.45) is 0 Å². The molecule has 1 aromatic carbocycles. The zero-order chi connectivity index (χ0) is 20.1. The number of carbonyl (C=O) groups excluding carboxylic acids is 1. The number of piperidine rings is 1. The van der Waals surface area contributed by atoms with Crippen molar-refractivity contribution in [3.8, 4) is 5.75 Å². The van der Waals surface area contributed by atoms with Crippen molar-refractivity contribution in [3.05, 3.63) is 29.8 Å². The highest BCUT2D eigenvalue weighted by Gasteiger charge is 2.29. The van der Waals surface area contributed by atoms with E-state index in [1.54, 1.807) is 24.3 Å². The summed E-state index contributed by atoms with van der Waals surface area (Å²) in [4.78, 5) is 12.2. The minimum absolute atomic E-state index is 0.142. The van der Waals surface area contributed by atoms with Gasteiger partial charge in [-0.2, -0.15) is 4.31 Å². The van der Waals surface area contributed by atoms with Gasteiger partial charge in [0.15, 0.2) is 0 Å². The van der Waals surface area contributed by atoms with E-state index in [-0.39, 0.29) is 16.3 Å². The second kappa shape index (κ2) is 8.89. The highest BCUT2D eigenvalue weighted by molar-refractivity contribution is 7.89. The first kappa shape index (κ1) is 21.4. The molecule has 0 spiro atoms. The SMILES string of the molecule is CCC(C)(C)NC(=O)/C=C/c1ccc(OC)c(S(=O)(=O)N2CCCCC2)c1. The summed E-state index contributed by atoms with van der Waals surface area (Å²) in [6, 6.07) is 4.94. The summed E-state index contributed by atoms with van der Waals surface area (Å²) in [6.07, 6.45) is 6.65. The lowest BCUT2D eigenvalue weighted by Crippen LogP contribution is -2.41. The molecular weight excluding hydrogens is 364 g/mol. The molecule has 1 N–H and O–H groups in total. The highest BCUT2D eigenvalue weighted by Crippen LogP contribution is 2.30. The number of rotatable bonds is 7. The van der Waals surface area contributed by atoms with E-state index in [0.717, 1.165) is 25.7 Å². The van der Waals surface area contributed by atoms with Crippen molar-refractivity contribution in [3.63, 3.8) is 0 Å². The van der Waals surface area contributed by atoms with Gasteiger partial charge in [0.05, 0.1) is 7.11 Å². The van der Waals surface area contributed by atoms with Crippen LogP contribution in [0.25, 0.3) is 6.08 Å². The van der Waals surface area contributed by atoms with Gasteiger partial charge in [-0.25, -0.2) is 8.42 Å². The van der Waals surface area contributed by atoms with E-state index in [2.05, 4.69) is 5.32 Å². The molecule has 0 radical (unpaired) electrons. The number of ether oxygens (including phenoxy) is 1. The van der Waals surface area contributed by atoms with E-state index in [1.165, 1.54) is 17.5 Å². The summed E-state index contributed by atoms with van der Waals surface area (Å²) in [5, 5.41) is 2.92. The second-order valence-electron chi connectivity index (χ2n) is 7.44. The fourth-order valence-corrected chi connectivity index (χ4v) is 4.59. The first-order valence-electron chi connectivity index (χ1n) is 9.38. The third-order valence-corrected chi connectivity index (χ3v) is 6.81. The quantitative estimate of drug-likeness (QED) is 0.721. The predicted octanol–water partition coefficient (Wildman–Crippen LogP) is 3.19. The number of nitrogens with zero attached hydrogens (tertiary/aromatic N) is 1. The molecule has 0 atom stereocenters. The van der Waals surface area contributed by atoms with Gasteiger partial charge >= 0.3 is 0 Å². The lowest BCUT2D eigenvalue weighted by molar-refractivity contribution is -0.118. The maximum absolute atomic E-state index is 13.0. The van der Waals surface area contributed by atoms with Gasteiger partial charge in [-0.15, -0.1) is 0 Å². The fourth-order valence-electron chi connectivity index (χ4n) is 2.88. The molecule has 1 heterocycles. The number of amides is 1. The minimum Gasteiger partial charge on any atom is -0.495 e.